The zero-order valence-electron chi connectivity index (χ0n) is 19.9. The van der Waals surface area contributed by atoms with Gasteiger partial charge in [0, 0.05) is 29.5 Å². The summed E-state index contributed by atoms with van der Waals surface area (Å²) in [6.07, 6.45) is 0. The fraction of sp³-hybridized carbons (Fsp3) is 0.269. The van der Waals surface area contributed by atoms with E-state index in [0.717, 1.165) is 23.1 Å². The smallest absolute Gasteiger partial charge is 0.264 e. The van der Waals surface area contributed by atoms with Crippen LogP contribution in [0.25, 0.3) is 0 Å². The molecule has 1 aliphatic heterocycles. The van der Waals surface area contributed by atoms with Gasteiger partial charge in [-0.2, -0.15) is 0 Å². The summed E-state index contributed by atoms with van der Waals surface area (Å²) in [5.41, 5.74) is 1.95. The molecule has 4 rings (SSSR count). The second-order valence-electron chi connectivity index (χ2n) is 8.09. The van der Waals surface area contributed by atoms with Gasteiger partial charge >= 0.3 is 0 Å². The lowest BCUT2D eigenvalue weighted by Crippen LogP contribution is -2.38. The molecule has 3 aromatic carbocycles. The van der Waals surface area contributed by atoms with Crippen LogP contribution in [-0.2, 0) is 19.6 Å². The van der Waals surface area contributed by atoms with Crippen LogP contribution >= 0.6 is 11.6 Å². The number of sulfonamides is 1. The molecule has 0 aliphatic carbocycles. The molecular formula is C26H28ClN3O5S. The molecule has 3 aromatic rings. The lowest BCUT2D eigenvalue weighted by atomic mass is 10.2. The molecule has 1 heterocycles. The number of carbonyl (C=O) groups is 1. The predicted molar refractivity (Wildman–Crippen MR) is 142 cm³/mol. The molecule has 0 aromatic heterocycles. The normalized spacial score (nSPS) is 13.8. The molecule has 36 heavy (non-hydrogen) atoms. The van der Waals surface area contributed by atoms with Crippen LogP contribution in [0.1, 0.15) is 6.92 Å². The topological polar surface area (TPSA) is 88.2 Å². The Bertz CT molecular complexity index is 1260. The van der Waals surface area contributed by atoms with E-state index in [9.17, 15) is 13.2 Å². The molecule has 0 spiro atoms. The van der Waals surface area contributed by atoms with Crippen molar-refractivity contribution in [2.45, 2.75) is 11.8 Å². The Hall–Kier alpha value is -3.27. The van der Waals surface area contributed by atoms with Crippen molar-refractivity contribution in [1.82, 2.24) is 0 Å². The Morgan fingerprint density at radius 1 is 1.00 bits per heavy atom. The van der Waals surface area contributed by atoms with E-state index in [1.807, 2.05) is 19.1 Å². The number of hydrogen-bond donors (Lipinski definition) is 1. The predicted octanol–water partition coefficient (Wildman–Crippen LogP) is 4.41. The van der Waals surface area contributed by atoms with Gasteiger partial charge in [0.15, 0.2) is 0 Å². The Morgan fingerprint density at radius 2 is 1.64 bits per heavy atom. The number of ether oxygens (including phenoxy) is 2. The van der Waals surface area contributed by atoms with Crippen molar-refractivity contribution in [3.63, 3.8) is 0 Å². The molecule has 0 radical (unpaired) electrons. The maximum atomic E-state index is 13.5. The van der Waals surface area contributed by atoms with E-state index in [-0.39, 0.29) is 4.90 Å². The highest BCUT2D eigenvalue weighted by Gasteiger charge is 2.27. The first kappa shape index (κ1) is 25.8. The quantitative estimate of drug-likeness (QED) is 0.442. The number of halogens is 1. The second kappa shape index (κ2) is 11.6. The van der Waals surface area contributed by atoms with Gasteiger partial charge in [0.25, 0.3) is 10.0 Å². The van der Waals surface area contributed by atoms with Crippen LogP contribution in [0.3, 0.4) is 0 Å². The number of nitrogens with zero attached hydrogens (tertiary/aromatic N) is 2. The number of morpholine rings is 1. The first-order chi connectivity index (χ1) is 17.4. The Balaban J connectivity index is 1.54. The molecule has 0 bridgehead atoms. The number of rotatable bonds is 9. The number of carbonyl (C=O) groups excluding carboxylic acids is 1. The van der Waals surface area contributed by atoms with Gasteiger partial charge in [-0.1, -0.05) is 11.6 Å². The zero-order chi connectivity index (χ0) is 25.5. The highest BCUT2D eigenvalue weighted by atomic mass is 35.5. The summed E-state index contributed by atoms with van der Waals surface area (Å²) >= 11 is 5.95. The fourth-order valence-electron chi connectivity index (χ4n) is 3.83. The van der Waals surface area contributed by atoms with Gasteiger partial charge in [-0.05, 0) is 79.7 Å². The number of amides is 1. The van der Waals surface area contributed by atoms with Crippen LogP contribution in [0.2, 0.25) is 5.02 Å². The van der Waals surface area contributed by atoms with Crippen molar-refractivity contribution in [1.29, 1.82) is 0 Å². The molecule has 0 unspecified atom stereocenters. The number of nitrogens with one attached hydrogen (secondary N) is 1. The van der Waals surface area contributed by atoms with Gasteiger partial charge in [0.05, 0.1) is 30.4 Å². The third-order valence-corrected chi connectivity index (χ3v) is 7.69. The van der Waals surface area contributed by atoms with Crippen molar-refractivity contribution in [2.75, 3.05) is 54.0 Å². The minimum Gasteiger partial charge on any atom is -0.494 e. The molecule has 1 amide bonds. The summed E-state index contributed by atoms with van der Waals surface area (Å²) in [5.74, 6) is 0.135. The van der Waals surface area contributed by atoms with Gasteiger partial charge < -0.3 is 19.7 Å². The summed E-state index contributed by atoms with van der Waals surface area (Å²) in [7, 11) is -4.05. The molecule has 1 fully saturated rings. The van der Waals surface area contributed by atoms with E-state index in [1.165, 1.54) is 24.3 Å². The maximum Gasteiger partial charge on any atom is 0.264 e. The molecule has 10 heteroatoms. The van der Waals surface area contributed by atoms with Crippen LogP contribution in [0.15, 0.2) is 77.7 Å². The Morgan fingerprint density at radius 3 is 2.25 bits per heavy atom. The molecule has 1 aliphatic rings. The number of benzene rings is 3. The summed E-state index contributed by atoms with van der Waals surface area (Å²) in [6.45, 7) is 4.92. The maximum absolute atomic E-state index is 13.5. The van der Waals surface area contributed by atoms with E-state index in [2.05, 4.69) is 10.2 Å². The van der Waals surface area contributed by atoms with Crippen molar-refractivity contribution in [2.24, 2.45) is 0 Å². The van der Waals surface area contributed by atoms with Crippen LogP contribution < -0.4 is 19.3 Å². The minimum atomic E-state index is -4.05. The van der Waals surface area contributed by atoms with Crippen LogP contribution in [0, 0.1) is 0 Å². The number of anilines is 3. The average Bonchev–Trinajstić information content (AvgIpc) is 2.89. The first-order valence-corrected chi connectivity index (χ1v) is 13.4. The summed E-state index contributed by atoms with van der Waals surface area (Å²) < 4.78 is 39.0. The highest BCUT2D eigenvalue weighted by Crippen LogP contribution is 2.27. The monoisotopic (exact) mass is 529 g/mol. The van der Waals surface area contributed by atoms with E-state index in [4.69, 9.17) is 21.1 Å². The van der Waals surface area contributed by atoms with Crippen molar-refractivity contribution in [3.05, 3.63) is 77.8 Å². The zero-order valence-corrected chi connectivity index (χ0v) is 21.5. The molecule has 0 atom stereocenters. The molecule has 1 saturated heterocycles. The average molecular weight is 530 g/mol. The summed E-state index contributed by atoms with van der Waals surface area (Å²) in [5, 5.41) is 3.22. The standard InChI is InChI=1S/C26H28ClN3O5S/c1-2-35-24-11-9-23(10-12-24)30(36(32,33)25-13-3-20(27)4-14-25)19-26(31)28-21-5-7-22(8-6-21)29-15-17-34-18-16-29/h3-14H,2,15-19H2,1H3,(H,28,31). The molecule has 8 nitrogen and oxygen atoms in total. The molecular weight excluding hydrogens is 502 g/mol. The first-order valence-electron chi connectivity index (χ1n) is 11.6. The van der Waals surface area contributed by atoms with Crippen LogP contribution in [0.4, 0.5) is 17.1 Å². The Kier molecular flexibility index (Phi) is 8.35. The van der Waals surface area contributed by atoms with Gasteiger partial charge in [-0.3, -0.25) is 9.10 Å². The Labute approximate surface area is 216 Å². The lowest BCUT2D eigenvalue weighted by Gasteiger charge is -2.29. The van der Waals surface area contributed by atoms with E-state index < -0.39 is 22.5 Å². The van der Waals surface area contributed by atoms with E-state index in [0.29, 0.717) is 42.0 Å². The van der Waals surface area contributed by atoms with Crippen LogP contribution in [-0.4, -0.2) is 53.8 Å². The largest absolute Gasteiger partial charge is 0.494 e. The fourth-order valence-corrected chi connectivity index (χ4v) is 5.38. The minimum absolute atomic E-state index is 0.0310. The summed E-state index contributed by atoms with van der Waals surface area (Å²) in [4.78, 5) is 15.2. The molecule has 1 N–H and O–H groups in total. The third kappa shape index (κ3) is 6.29. The van der Waals surface area contributed by atoms with E-state index >= 15 is 0 Å². The van der Waals surface area contributed by atoms with E-state index in [1.54, 1.807) is 36.4 Å². The van der Waals surface area contributed by atoms with Gasteiger partial charge in [0.2, 0.25) is 5.91 Å². The number of hydrogen-bond acceptors (Lipinski definition) is 6. The SMILES string of the molecule is CCOc1ccc(N(CC(=O)Nc2ccc(N3CCOCC3)cc2)S(=O)(=O)c2ccc(Cl)cc2)cc1. The summed E-state index contributed by atoms with van der Waals surface area (Å²) in [6, 6.07) is 19.9. The van der Waals surface area contributed by atoms with Crippen molar-refractivity contribution in [3.8, 4) is 5.75 Å². The van der Waals surface area contributed by atoms with Crippen molar-refractivity contribution < 1.29 is 22.7 Å². The van der Waals surface area contributed by atoms with Crippen LogP contribution in [0.5, 0.6) is 5.75 Å². The molecule has 0 saturated carbocycles. The highest BCUT2D eigenvalue weighted by molar-refractivity contribution is 7.92. The lowest BCUT2D eigenvalue weighted by molar-refractivity contribution is -0.114. The third-order valence-electron chi connectivity index (χ3n) is 5.65. The second-order valence-corrected chi connectivity index (χ2v) is 10.4. The van der Waals surface area contributed by atoms with Gasteiger partial charge in [0.1, 0.15) is 12.3 Å². The molecule has 190 valence electrons. The van der Waals surface area contributed by atoms with Gasteiger partial charge in [-0.25, -0.2) is 8.42 Å². The van der Waals surface area contributed by atoms with Crippen molar-refractivity contribution >= 4 is 44.6 Å². The van der Waals surface area contributed by atoms with Gasteiger partial charge in [-0.15, -0.1) is 0 Å².